The van der Waals surface area contributed by atoms with Gasteiger partial charge in [-0.1, -0.05) is 0 Å². The fourth-order valence-corrected chi connectivity index (χ4v) is 4.81. The fourth-order valence-electron chi connectivity index (χ4n) is 3.58. The molecule has 156 valence electrons. The van der Waals surface area contributed by atoms with Crippen LogP contribution in [0, 0.1) is 5.92 Å². The van der Waals surface area contributed by atoms with Crippen LogP contribution in [0.1, 0.15) is 12.8 Å². The van der Waals surface area contributed by atoms with E-state index in [9.17, 15) is 31.4 Å². The van der Waals surface area contributed by atoms with Gasteiger partial charge in [0.1, 0.15) is 31.4 Å². The molecule has 3 aliphatic rings. The summed E-state index contributed by atoms with van der Waals surface area (Å²) in [5.41, 5.74) is -2.28. The van der Waals surface area contributed by atoms with Crippen LogP contribution in [0.2, 0.25) is 0 Å². The Morgan fingerprint density at radius 3 is 2.71 bits per heavy atom. The molecule has 0 bridgehead atoms. The maximum absolute atomic E-state index is 14.5. The number of rotatable bonds is 5. The van der Waals surface area contributed by atoms with E-state index in [0.29, 0.717) is 0 Å². The Bertz CT molecular complexity index is 719. The molecule has 0 aromatic rings. The number of aliphatic hydroxyl groups excluding tert-OH is 1. The highest BCUT2D eigenvalue weighted by Gasteiger charge is 2.45. The van der Waals surface area contributed by atoms with Gasteiger partial charge < -0.3 is 9.84 Å². The number of hydrogen-bond donors (Lipinski definition) is 1. The summed E-state index contributed by atoms with van der Waals surface area (Å²) in [6.07, 6.45) is -3.01. The van der Waals surface area contributed by atoms with Gasteiger partial charge in [0.05, 0.1) is 12.0 Å². The summed E-state index contributed by atoms with van der Waals surface area (Å²) in [6.45, 7) is -2.21. The molecule has 0 saturated carbocycles. The van der Waals surface area contributed by atoms with E-state index in [1.165, 1.54) is 18.2 Å². The first-order valence-corrected chi connectivity index (χ1v) is 9.79. The predicted molar refractivity (Wildman–Crippen MR) is 95.1 cm³/mol. The molecule has 0 aromatic heterocycles. The molecule has 0 aromatic carbocycles. The zero-order valence-electron chi connectivity index (χ0n) is 14.8. The van der Waals surface area contributed by atoms with E-state index in [1.54, 1.807) is 0 Å². The van der Waals surface area contributed by atoms with Gasteiger partial charge in [-0.05, 0) is 35.5 Å². The summed E-state index contributed by atoms with van der Waals surface area (Å²) in [4.78, 5) is 0.256. The van der Waals surface area contributed by atoms with Crippen LogP contribution in [-0.2, 0) is 4.74 Å². The molecule has 0 saturated heterocycles. The van der Waals surface area contributed by atoms with Gasteiger partial charge in [0, 0.05) is 23.5 Å². The highest BCUT2D eigenvalue weighted by atomic mass is 32.2. The summed E-state index contributed by atoms with van der Waals surface area (Å²) in [7, 11) is 0. The van der Waals surface area contributed by atoms with Crippen LogP contribution in [0.15, 0.2) is 46.1 Å². The maximum Gasteiger partial charge on any atom is 0.249 e. The smallest absolute Gasteiger partial charge is 0.249 e. The summed E-state index contributed by atoms with van der Waals surface area (Å²) >= 11 is 0.870. The third-order valence-electron chi connectivity index (χ3n) is 4.94. The van der Waals surface area contributed by atoms with Crippen molar-refractivity contribution >= 4 is 11.8 Å². The largest absolute Gasteiger partial charge is 0.486 e. The number of allylic oxidation sites excluding steroid dienone is 4. The van der Waals surface area contributed by atoms with Gasteiger partial charge in [0.15, 0.2) is 5.67 Å². The van der Waals surface area contributed by atoms with Gasteiger partial charge in [-0.2, -0.15) is 0 Å². The maximum atomic E-state index is 14.5. The summed E-state index contributed by atoms with van der Waals surface area (Å²) in [5, 5.41) is 10.4. The van der Waals surface area contributed by atoms with Crippen LogP contribution in [0.5, 0.6) is 0 Å². The van der Waals surface area contributed by atoms with E-state index < -0.39 is 56.2 Å². The lowest BCUT2D eigenvalue weighted by Gasteiger charge is -2.34. The Balaban J connectivity index is 1.87. The van der Waals surface area contributed by atoms with Crippen molar-refractivity contribution in [2.75, 3.05) is 19.1 Å². The van der Waals surface area contributed by atoms with Gasteiger partial charge in [-0.15, -0.1) is 11.8 Å². The first-order chi connectivity index (χ1) is 13.3. The average molecular weight is 426 g/mol. The third-order valence-corrected chi connectivity index (χ3v) is 6.29. The lowest BCUT2D eigenvalue weighted by Crippen LogP contribution is -2.39. The molecule has 0 spiro atoms. The van der Waals surface area contributed by atoms with Crippen LogP contribution in [0.4, 0.5) is 26.3 Å². The Morgan fingerprint density at radius 2 is 2.07 bits per heavy atom. The van der Waals surface area contributed by atoms with Crippen molar-refractivity contribution in [2.24, 2.45) is 5.92 Å². The number of alkyl halides is 6. The van der Waals surface area contributed by atoms with Gasteiger partial charge in [-0.25, -0.2) is 26.3 Å². The molecule has 1 heterocycles. The van der Waals surface area contributed by atoms with Crippen molar-refractivity contribution in [3.05, 3.63) is 46.1 Å². The van der Waals surface area contributed by atoms with Gasteiger partial charge >= 0.3 is 0 Å². The monoisotopic (exact) mass is 426 g/mol. The Kier molecular flexibility index (Phi) is 6.54. The summed E-state index contributed by atoms with van der Waals surface area (Å²) in [6, 6.07) is 0. The van der Waals surface area contributed by atoms with E-state index >= 15 is 0 Å². The molecule has 28 heavy (non-hydrogen) atoms. The van der Waals surface area contributed by atoms with Gasteiger partial charge in [0.25, 0.3) is 0 Å². The predicted octanol–water partition coefficient (Wildman–Crippen LogP) is 4.77. The van der Waals surface area contributed by atoms with Crippen molar-refractivity contribution in [1.82, 2.24) is 0 Å². The van der Waals surface area contributed by atoms with Crippen molar-refractivity contribution in [1.29, 1.82) is 0 Å². The lowest BCUT2D eigenvalue weighted by atomic mass is 9.82. The zero-order chi connectivity index (χ0) is 20.5. The average Bonchev–Trinajstić information content (AvgIpc) is 2.77. The normalized spacial score (nSPS) is 36.0. The van der Waals surface area contributed by atoms with Crippen molar-refractivity contribution in [2.45, 2.75) is 43.3 Å². The van der Waals surface area contributed by atoms with Crippen LogP contribution in [0.25, 0.3) is 0 Å². The van der Waals surface area contributed by atoms with Crippen LogP contribution >= 0.6 is 11.8 Å². The van der Waals surface area contributed by atoms with Crippen molar-refractivity contribution in [3.63, 3.8) is 0 Å². The highest BCUT2D eigenvalue weighted by molar-refractivity contribution is 8.03. The molecule has 0 radical (unpaired) electrons. The minimum absolute atomic E-state index is 0.0740. The molecule has 2 nitrogen and oxygen atoms in total. The Morgan fingerprint density at radius 1 is 1.32 bits per heavy atom. The minimum Gasteiger partial charge on any atom is -0.486 e. The van der Waals surface area contributed by atoms with E-state index in [4.69, 9.17) is 4.74 Å². The van der Waals surface area contributed by atoms with E-state index in [-0.39, 0.29) is 34.0 Å². The number of aliphatic hydroxyl groups is 1. The summed E-state index contributed by atoms with van der Waals surface area (Å²) in [5.74, 6) is -2.00. The highest BCUT2D eigenvalue weighted by Crippen LogP contribution is 2.45. The molecular weight excluding hydrogens is 406 g/mol. The molecule has 3 rings (SSSR count). The molecule has 9 heteroatoms. The van der Waals surface area contributed by atoms with E-state index in [0.717, 1.165) is 17.8 Å². The molecule has 5 unspecified atom stereocenters. The number of thioether (sulfide) groups is 1. The molecule has 0 amide bonds. The second kappa shape index (κ2) is 8.57. The van der Waals surface area contributed by atoms with Crippen LogP contribution in [0.3, 0.4) is 0 Å². The first-order valence-electron chi connectivity index (χ1n) is 8.80. The summed E-state index contributed by atoms with van der Waals surface area (Å²) < 4.78 is 87.4. The second-order valence-corrected chi connectivity index (χ2v) is 8.16. The number of halogens is 6. The zero-order valence-corrected chi connectivity index (χ0v) is 15.6. The molecule has 0 fully saturated rings. The molecule has 2 aliphatic carbocycles. The Labute approximate surface area is 163 Å². The van der Waals surface area contributed by atoms with Crippen molar-refractivity contribution in [3.8, 4) is 0 Å². The van der Waals surface area contributed by atoms with Gasteiger partial charge in [0.2, 0.25) is 6.43 Å². The van der Waals surface area contributed by atoms with E-state index in [2.05, 4.69) is 0 Å². The standard InChI is InChI=1S/C19H20F6O2S/c20-7-10-3-11(22)5-12(4-10)27-14-1-2-15-16(17(14)18(23)24)13(26)6-19(25,8-21)9-28-15/h1-2,4-5,11,13-14,17-18,26H,3,6-9H2. The molecular formula is C19H20F6O2S. The van der Waals surface area contributed by atoms with Crippen molar-refractivity contribution < 1.29 is 36.2 Å². The second-order valence-electron chi connectivity index (χ2n) is 7.14. The van der Waals surface area contributed by atoms with E-state index in [1.807, 2.05) is 0 Å². The van der Waals surface area contributed by atoms with Crippen LogP contribution in [-0.4, -0.2) is 54.7 Å². The third kappa shape index (κ3) is 4.45. The SMILES string of the molecule is OC1CC(F)(CF)CSC2=C1C(C(F)F)C(OC1=CC(F)CC(CF)=C1)C=C2. The fraction of sp³-hybridized carbons (Fsp3) is 0.579. The van der Waals surface area contributed by atoms with Crippen LogP contribution < -0.4 is 0 Å². The number of hydrogen-bond acceptors (Lipinski definition) is 3. The Hall–Kier alpha value is -1.35. The number of ether oxygens (including phenoxy) is 1. The van der Waals surface area contributed by atoms with Gasteiger partial charge in [-0.3, -0.25) is 0 Å². The molecule has 5 atom stereocenters. The molecule has 1 aliphatic heterocycles. The minimum atomic E-state index is -2.97. The topological polar surface area (TPSA) is 29.5 Å². The first kappa shape index (κ1) is 21.4. The quantitative estimate of drug-likeness (QED) is 0.642. The lowest BCUT2D eigenvalue weighted by molar-refractivity contribution is -0.00277. The molecule has 1 N–H and O–H groups in total.